The van der Waals surface area contributed by atoms with Gasteiger partial charge in [-0.3, -0.25) is 0 Å². The predicted molar refractivity (Wildman–Crippen MR) is 147 cm³/mol. The van der Waals surface area contributed by atoms with Crippen molar-refractivity contribution in [2.24, 2.45) is 0 Å². The van der Waals surface area contributed by atoms with Crippen LogP contribution in [0.2, 0.25) is 0 Å². The van der Waals surface area contributed by atoms with Crippen molar-refractivity contribution in [3.8, 4) is 0 Å². The minimum Gasteiger partial charge on any atom is -0.241 e. The van der Waals surface area contributed by atoms with E-state index in [4.69, 9.17) is 16.8 Å². The van der Waals surface area contributed by atoms with Crippen LogP contribution in [-0.4, -0.2) is 28.7 Å². The van der Waals surface area contributed by atoms with Crippen LogP contribution in [0, 0.1) is 0 Å². The smallest absolute Gasteiger partial charge is 0.101 e. The van der Waals surface area contributed by atoms with Gasteiger partial charge in [0.2, 0.25) is 0 Å². The van der Waals surface area contributed by atoms with E-state index in [1.165, 1.54) is 22.3 Å². The number of allylic oxidation sites excluding steroid dienone is 1. The van der Waals surface area contributed by atoms with Crippen molar-refractivity contribution >= 4 is 55.9 Å². The molecule has 3 aromatic carbocycles. The first-order valence-electron chi connectivity index (χ1n) is 11.0. The molecule has 168 valence electrons. The maximum atomic E-state index is 6.25. The van der Waals surface area contributed by atoms with E-state index < -0.39 is 0 Å². The summed E-state index contributed by atoms with van der Waals surface area (Å²) >= 11 is 11.7. The Kier molecular flexibility index (Phi) is 8.26. The normalized spacial score (nSPS) is 12.9. The van der Waals surface area contributed by atoms with Crippen LogP contribution in [0.4, 0.5) is 0 Å². The number of likely N-dealkylation sites (N-methyl/N-ethyl adjacent to an activating group) is 1. The third kappa shape index (κ3) is 5.88. The summed E-state index contributed by atoms with van der Waals surface area (Å²) in [7, 11) is 1.88. The van der Waals surface area contributed by atoms with Gasteiger partial charge in [0.15, 0.2) is 0 Å². The number of thioether (sulfide) groups is 1. The van der Waals surface area contributed by atoms with Crippen LogP contribution in [0.25, 0.3) is 16.5 Å². The molecule has 1 heterocycles. The minimum absolute atomic E-state index is 0.0233. The lowest BCUT2D eigenvalue weighted by Gasteiger charge is -2.25. The molecule has 1 unspecified atom stereocenters. The van der Waals surface area contributed by atoms with Crippen molar-refractivity contribution in [3.63, 3.8) is 0 Å². The highest BCUT2D eigenvalue weighted by atomic mass is 79.9. The van der Waals surface area contributed by atoms with Crippen LogP contribution >= 0.6 is 39.5 Å². The molecule has 0 saturated heterocycles. The average molecular weight is 538 g/mol. The van der Waals surface area contributed by atoms with Gasteiger partial charge in [-0.05, 0) is 64.1 Å². The lowest BCUT2D eigenvalue weighted by Crippen LogP contribution is -2.11. The SMILES string of the molecule is CCSc1nc2ccc(Br)cc2cc1C(/C(=C/CN(C)Cl)c1ccccc1)c1ccccc1. The van der Waals surface area contributed by atoms with E-state index in [0.717, 1.165) is 26.2 Å². The lowest BCUT2D eigenvalue weighted by molar-refractivity contribution is 0.615. The van der Waals surface area contributed by atoms with Crippen molar-refractivity contribution in [3.05, 3.63) is 112 Å². The summed E-state index contributed by atoms with van der Waals surface area (Å²) < 4.78 is 2.74. The fraction of sp³-hybridized carbons (Fsp3) is 0.179. The molecule has 0 saturated carbocycles. The summed E-state index contributed by atoms with van der Waals surface area (Å²) in [4.78, 5) is 5.10. The summed E-state index contributed by atoms with van der Waals surface area (Å²) in [5.41, 5.74) is 5.87. The van der Waals surface area contributed by atoms with Gasteiger partial charge >= 0.3 is 0 Å². The number of nitrogens with zero attached hydrogens (tertiary/aromatic N) is 2. The zero-order valence-corrected chi connectivity index (χ0v) is 21.9. The van der Waals surface area contributed by atoms with Crippen LogP contribution < -0.4 is 0 Å². The van der Waals surface area contributed by atoms with Gasteiger partial charge in [-0.2, -0.15) is 0 Å². The molecule has 0 bridgehead atoms. The maximum absolute atomic E-state index is 6.25. The quantitative estimate of drug-likeness (QED) is 0.166. The fourth-order valence-corrected chi connectivity index (χ4v) is 5.26. The number of rotatable bonds is 8. The van der Waals surface area contributed by atoms with E-state index in [-0.39, 0.29) is 5.92 Å². The van der Waals surface area contributed by atoms with E-state index in [2.05, 4.69) is 114 Å². The Labute approximate surface area is 213 Å². The first-order valence-corrected chi connectivity index (χ1v) is 13.1. The maximum Gasteiger partial charge on any atom is 0.101 e. The van der Waals surface area contributed by atoms with Crippen molar-refractivity contribution < 1.29 is 0 Å². The molecule has 0 spiro atoms. The number of hydrogen-bond donors (Lipinski definition) is 0. The fourth-order valence-electron chi connectivity index (χ4n) is 4.03. The molecule has 33 heavy (non-hydrogen) atoms. The van der Waals surface area contributed by atoms with Crippen LogP contribution in [0.5, 0.6) is 0 Å². The summed E-state index contributed by atoms with van der Waals surface area (Å²) in [6, 6.07) is 29.9. The van der Waals surface area contributed by atoms with Gasteiger partial charge in [0.1, 0.15) is 5.03 Å². The molecule has 2 nitrogen and oxygen atoms in total. The third-order valence-corrected chi connectivity index (χ3v) is 7.00. The van der Waals surface area contributed by atoms with E-state index in [1.807, 2.05) is 7.05 Å². The topological polar surface area (TPSA) is 16.1 Å². The van der Waals surface area contributed by atoms with Crippen LogP contribution in [-0.2, 0) is 0 Å². The third-order valence-electron chi connectivity index (χ3n) is 5.48. The molecular weight excluding hydrogens is 512 g/mol. The highest BCUT2D eigenvalue weighted by Gasteiger charge is 2.25. The number of halogens is 2. The molecule has 4 aromatic rings. The molecular formula is C28H26BrClN2S. The Balaban J connectivity index is 2.00. The zero-order chi connectivity index (χ0) is 23.2. The van der Waals surface area contributed by atoms with Crippen molar-refractivity contribution in [2.75, 3.05) is 19.3 Å². The summed E-state index contributed by atoms with van der Waals surface area (Å²) in [6.45, 7) is 2.81. The van der Waals surface area contributed by atoms with Gasteiger partial charge in [-0.25, -0.2) is 9.40 Å². The van der Waals surface area contributed by atoms with Crippen LogP contribution in [0.15, 0.2) is 101 Å². The van der Waals surface area contributed by atoms with E-state index in [9.17, 15) is 0 Å². The minimum atomic E-state index is 0.0233. The molecule has 5 heteroatoms. The van der Waals surface area contributed by atoms with Crippen LogP contribution in [0.3, 0.4) is 0 Å². The van der Waals surface area contributed by atoms with Gasteiger partial charge in [0, 0.05) is 29.4 Å². The Morgan fingerprint density at radius 1 is 1.03 bits per heavy atom. The number of benzene rings is 3. The second-order valence-electron chi connectivity index (χ2n) is 7.81. The molecule has 0 radical (unpaired) electrons. The largest absolute Gasteiger partial charge is 0.241 e. The molecule has 1 aromatic heterocycles. The van der Waals surface area contributed by atoms with E-state index in [1.54, 1.807) is 16.2 Å². The van der Waals surface area contributed by atoms with Gasteiger partial charge in [-0.15, -0.1) is 11.8 Å². The average Bonchev–Trinajstić information content (AvgIpc) is 2.83. The van der Waals surface area contributed by atoms with Crippen LogP contribution in [0.1, 0.15) is 29.5 Å². The molecule has 4 rings (SSSR count). The Morgan fingerprint density at radius 2 is 1.73 bits per heavy atom. The molecule has 0 aliphatic heterocycles. The van der Waals surface area contributed by atoms with Gasteiger partial charge in [0.25, 0.3) is 0 Å². The predicted octanol–water partition coefficient (Wildman–Crippen LogP) is 8.41. The molecule has 0 aliphatic carbocycles. The van der Waals surface area contributed by atoms with E-state index >= 15 is 0 Å². The monoisotopic (exact) mass is 536 g/mol. The van der Waals surface area contributed by atoms with Gasteiger partial charge in [-0.1, -0.05) is 89.6 Å². The number of hydrogen-bond acceptors (Lipinski definition) is 3. The Bertz CT molecular complexity index is 1240. The first kappa shape index (κ1) is 24.0. The number of pyridine rings is 1. The lowest BCUT2D eigenvalue weighted by atomic mass is 9.81. The molecule has 0 amide bonds. The van der Waals surface area contributed by atoms with Gasteiger partial charge < -0.3 is 0 Å². The summed E-state index contributed by atoms with van der Waals surface area (Å²) in [5, 5.41) is 2.20. The number of aromatic nitrogens is 1. The zero-order valence-electron chi connectivity index (χ0n) is 18.7. The Morgan fingerprint density at radius 3 is 2.39 bits per heavy atom. The molecule has 0 fully saturated rings. The standard InChI is InChI=1S/C28H26BrClN2S/c1-3-33-28-25(19-22-18-23(29)14-15-26(22)31-28)27(21-12-8-5-9-13-21)24(16-17-32(2)30)20-10-6-4-7-11-20/h4-16,18-19,27H,3,17H2,1-2H3/b24-16+. The van der Waals surface area contributed by atoms with E-state index in [0.29, 0.717) is 6.54 Å². The summed E-state index contributed by atoms with van der Waals surface area (Å²) in [6.07, 6.45) is 2.24. The summed E-state index contributed by atoms with van der Waals surface area (Å²) in [5.74, 6) is 0.980. The molecule has 0 aliphatic rings. The molecule has 1 atom stereocenters. The number of fused-ring (bicyclic) bond motifs is 1. The molecule has 0 N–H and O–H groups in total. The second kappa shape index (κ2) is 11.3. The highest BCUT2D eigenvalue weighted by molar-refractivity contribution is 9.10. The van der Waals surface area contributed by atoms with Crippen molar-refractivity contribution in [2.45, 2.75) is 17.9 Å². The Hall–Kier alpha value is -2.11. The van der Waals surface area contributed by atoms with Crippen molar-refractivity contribution in [1.29, 1.82) is 0 Å². The second-order valence-corrected chi connectivity index (χ2v) is 10.6. The highest BCUT2D eigenvalue weighted by Crippen LogP contribution is 2.42. The first-order chi connectivity index (χ1) is 16.1. The van der Waals surface area contributed by atoms with Gasteiger partial charge in [0.05, 0.1) is 5.52 Å². The van der Waals surface area contributed by atoms with Crippen molar-refractivity contribution in [1.82, 2.24) is 9.40 Å².